The van der Waals surface area contributed by atoms with Crippen molar-refractivity contribution in [1.29, 1.82) is 0 Å². The average molecular weight is 212 g/mol. The lowest BCUT2D eigenvalue weighted by Gasteiger charge is -2.36. The number of hydrogen-bond acceptors (Lipinski definition) is 2. The minimum atomic E-state index is -0.440. The van der Waals surface area contributed by atoms with Gasteiger partial charge in [0.2, 0.25) is 0 Å². The molecule has 1 heterocycles. The van der Waals surface area contributed by atoms with Crippen LogP contribution in [0, 0.1) is 0 Å². The van der Waals surface area contributed by atoms with Gasteiger partial charge < -0.3 is 4.74 Å². The Morgan fingerprint density at radius 2 is 1.88 bits per heavy atom. The van der Waals surface area contributed by atoms with E-state index in [4.69, 9.17) is 4.74 Å². The van der Waals surface area contributed by atoms with Gasteiger partial charge in [0, 0.05) is 0 Å². The average Bonchev–Trinajstić information content (AvgIpc) is 2.35. The Morgan fingerprint density at radius 3 is 2.50 bits per heavy atom. The van der Waals surface area contributed by atoms with Crippen molar-refractivity contribution >= 4 is 16.7 Å². The van der Waals surface area contributed by atoms with Crippen molar-refractivity contribution in [1.82, 2.24) is 0 Å². The highest BCUT2D eigenvalue weighted by Gasteiger charge is 2.46. The molecule has 0 amide bonds. The smallest absolute Gasteiger partial charge is 0.319 e. The third kappa shape index (κ3) is 1.16. The second kappa shape index (κ2) is 3.08. The van der Waals surface area contributed by atoms with E-state index in [0.29, 0.717) is 6.61 Å². The SMILES string of the molecule is C[C@]1(c2ccc3ccccc3c2)COC1=O. The Hall–Kier alpha value is -1.83. The summed E-state index contributed by atoms with van der Waals surface area (Å²) in [7, 11) is 0. The molecule has 1 fully saturated rings. The van der Waals surface area contributed by atoms with Gasteiger partial charge in [0.05, 0.1) is 0 Å². The van der Waals surface area contributed by atoms with Crippen LogP contribution in [0.2, 0.25) is 0 Å². The van der Waals surface area contributed by atoms with Crippen LogP contribution in [0.15, 0.2) is 42.5 Å². The van der Waals surface area contributed by atoms with E-state index in [1.807, 2.05) is 25.1 Å². The van der Waals surface area contributed by atoms with E-state index < -0.39 is 5.41 Å². The third-order valence-electron chi connectivity index (χ3n) is 3.33. The van der Waals surface area contributed by atoms with E-state index in [-0.39, 0.29) is 5.97 Å². The first-order valence-electron chi connectivity index (χ1n) is 5.37. The van der Waals surface area contributed by atoms with Crippen molar-refractivity contribution < 1.29 is 9.53 Å². The van der Waals surface area contributed by atoms with E-state index in [9.17, 15) is 4.79 Å². The van der Waals surface area contributed by atoms with Gasteiger partial charge in [-0.25, -0.2) is 0 Å². The highest BCUT2D eigenvalue weighted by Crippen LogP contribution is 2.34. The highest BCUT2D eigenvalue weighted by molar-refractivity contribution is 5.90. The molecule has 0 spiro atoms. The maximum atomic E-state index is 11.5. The minimum Gasteiger partial charge on any atom is -0.463 e. The summed E-state index contributed by atoms with van der Waals surface area (Å²) in [4.78, 5) is 11.5. The zero-order valence-corrected chi connectivity index (χ0v) is 9.07. The molecule has 16 heavy (non-hydrogen) atoms. The fourth-order valence-electron chi connectivity index (χ4n) is 2.08. The highest BCUT2D eigenvalue weighted by atomic mass is 16.6. The van der Waals surface area contributed by atoms with Crippen molar-refractivity contribution in [2.75, 3.05) is 6.61 Å². The van der Waals surface area contributed by atoms with Crippen LogP contribution in [0.1, 0.15) is 12.5 Å². The van der Waals surface area contributed by atoms with E-state index in [1.54, 1.807) is 0 Å². The van der Waals surface area contributed by atoms with Gasteiger partial charge in [0.25, 0.3) is 0 Å². The molecular formula is C14H12O2. The zero-order chi connectivity index (χ0) is 11.2. The molecule has 1 aliphatic heterocycles. The summed E-state index contributed by atoms with van der Waals surface area (Å²) in [5.41, 5.74) is 0.603. The summed E-state index contributed by atoms with van der Waals surface area (Å²) in [5.74, 6) is -0.122. The largest absolute Gasteiger partial charge is 0.463 e. The van der Waals surface area contributed by atoms with E-state index in [0.717, 1.165) is 5.56 Å². The zero-order valence-electron chi connectivity index (χ0n) is 9.07. The van der Waals surface area contributed by atoms with Crippen LogP contribution in [-0.2, 0) is 14.9 Å². The van der Waals surface area contributed by atoms with Crippen molar-refractivity contribution in [2.45, 2.75) is 12.3 Å². The molecule has 1 saturated heterocycles. The molecule has 0 radical (unpaired) electrons. The molecule has 0 N–H and O–H groups in total. The summed E-state index contributed by atoms with van der Waals surface area (Å²) < 4.78 is 4.87. The first-order valence-corrected chi connectivity index (χ1v) is 5.37. The van der Waals surface area contributed by atoms with Gasteiger partial charge in [-0.05, 0) is 29.3 Å². The summed E-state index contributed by atoms with van der Waals surface area (Å²) in [5, 5.41) is 2.36. The van der Waals surface area contributed by atoms with Crippen LogP contribution in [0.25, 0.3) is 10.8 Å². The van der Waals surface area contributed by atoms with Gasteiger partial charge in [-0.3, -0.25) is 4.79 Å². The molecule has 2 aromatic carbocycles. The lowest BCUT2D eigenvalue weighted by Crippen LogP contribution is -2.49. The number of hydrogen-bond donors (Lipinski definition) is 0. The van der Waals surface area contributed by atoms with Crippen LogP contribution >= 0.6 is 0 Å². The van der Waals surface area contributed by atoms with Crippen molar-refractivity contribution in [2.24, 2.45) is 0 Å². The number of rotatable bonds is 1. The topological polar surface area (TPSA) is 26.3 Å². The van der Waals surface area contributed by atoms with E-state index >= 15 is 0 Å². The quantitative estimate of drug-likeness (QED) is 0.679. The number of esters is 1. The molecule has 1 aliphatic rings. The van der Waals surface area contributed by atoms with E-state index in [1.165, 1.54) is 10.8 Å². The van der Waals surface area contributed by atoms with Gasteiger partial charge in [-0.15, -0.1) is 0 Å². The first-order chi connectivity index (χ1) is 7.70. The van der Waals surface area contributed by atoms with Gasteiger partial charge in [-0.1, -0.05) is 36.4 Å². The number of cyclic esters (lactones) is 1. The Balaban J connectivity index is 2.15. The molecule has 2 aromatic rings. The number of ether oxygens (including phenoxy) is 1. The Labute approximate surface area is 93.8 Å². The molecule has 2 nitrogen and oxygen atoms in total. The predicted molar refractivity (Wildman–Crippen MR) is 62.3 cm³/mol. The van der Waals surface area contributed by atoms with Gasteiger partial charge in [0.1, 0.15) is 12.0 Å². The minimum absolute atomic E-state index is 0.122. The molecule has 1 atom stereocenters. The second-order valence-corrected chi connectivity index (χ2v) is 4.47. The van der Waals surface area contributed by atoms with Crippen molar-refractivity contribution in [3.05, 3.63) is 48.0 Å². The van der Waals surface area contributed by atoms with Crippen LogP contribution in [-0.4, -0.2) is 12.6 Å². The summed E-state index contributed by atoms with van der Waals surface area (Å²) in [6.45, 7) is 2.42. The lowest BCUT2D eigenvalue weighted by atomic mass is 9.79. The number of carbonyl (C=O) groups excluding carboxylic acids is 1. The Bertz CT molecular complexity index is 574. The van der Waals surface area contributed by atoms with Crippen molar-refractivity contribution in [3.8, 4) is 0 Å². The molecule has 2 heteroatoms. The molecular weight excluding hydrogens is 200 g/mol. The maximum absolute atomic E-state index is 11.5. The summed E-state index contributed by atoms with van der Waals surface area (Å²) in [6, 6.07) is 14.3. The maximum Gasteiger partial charge on any atom is 0.319 e. The second-order valence-electron chi connectivity index (χ2n) is 4.47. The first kappa shape index (κ1) is 9.40. The van der Waals surface area contributed by atoms with Crippen LogP contribution < -0.4 is 0 Å². The monoisotopic (exact) mass is 212 g/mol. The molecule has 3 rings (SSSR count). The predicted octanol–water partition coefficient (Wildman–Crippen LogP) is 2.65. The molecule has 0 bridgehead atoms. The van der Waals surface area contributed by atoms with Crippen LogP contribution in [0.5, 0.6) is 0 Å². The Morgan fingerprint density at radius 1 is 1.12 bits per heavy atom. The molecule has 0 aromatic heterocycles. The number of fused-ring (bicyclic) bond motifs is 1. The third-order valence-corrected chi connectivity index (χ3v) is 3.33. The fourth-order valence-corrected chi connectivity index (χ4v) is 2.08. The van der Waals surface area contributed by atoms with Crippen molar-refractivity contribution in [3.63, 3.8) is 0 Å². The standard InChI is InChI=1S/C14H12O2/c1-14(9-16-13(14)15)12-7-6-10-4-2-3-5-11(10)8-12/h2-8H,9H2,1H3/t14-/m1/s1. The molecule has 0 aliphatic carbocycles. The van der Waals surface area contributed by atoms with E-state index in [2.05, 4.69) is 24.3 Å². The number of carbonyl (C=O) groups is 1. The lowest BCUT2D eigenvalue weighted by molar-refractivity contribution is -0.171. The summed E-state index contributed by atoms with van der Waals surface area (Å²) in [6.07, 6.45) is 0. The fraction of sp³-hybridized carbons (Fsp3) is 0.214. The molecule has 0 unspecified atom stereocenters. The van der Waals surface area contributed by atoms with Gasteiger partial charge in [-0.2, -0.15) is 0 Å². The Kier molecular flexibility index (Phi) is 1.81. The summed E-state index contributed by atoms with van der Waals surface area (Å²) >= 11 is 0. The normalized spacial score (nSPS) is 23.9. The molecule has 80 valence electrons. The molecule has 0 saturated carbocycles. The van der Waals surface area contributed by atoms with Crippen LogP contribution in [0.3, 0.4) is 0 Å². The van der Waals surface area contributed by atoms with Gasteiger partial charge >= 0.3 is 5.97 Å². The van der Waals surface area contributed by atoms with Gasteiger partial charge in [0.15, 0.2) is 0 Å². The van der Waals surface area contributed by atoms with Crippen LogP contribution in [0.4, 0.5) is 0 Å². The number of benzene rings is 2.